The van der Waals surface area contributed by atoms with Crippen LogP contribution in [-0.4, -0.2) is 18.1 Å². The molecule has 1 rings (SSSR count). The molecule has 0 radical (unpaired) electrons. The van der Waals surface area contributed by atoms with Gasteiger partial charge in [0.25, 0.3) is 0 Å². The van der Waals surface area contributed by atoms with Crippen molar-refractivity contribution in [3.05, 3.63) is 18.4 Å². The molecule has 4 heteroatoms. The lowest BCUT2D eigenvalue weighted by atomic mass is 10.4. The fourth-order valence-electron chi connectivity index (χ4n) is 0.544. The largest absolute Gasteiger partial charge is 0.469 e. The summed E-state index contributed by atoms with van der Waals surface area (Å²) in [5.74, 6) is 0.198. The Balaban J connectivity index is 2.48. The minimum Gasteiger partial charge on any atom is -0.469 e. The highest BCUT2D eigenvalue weighted by atomic mass is 16.5. The lowest BCUT2D eigenvalue weighted by Gasteiger charge is -1.92. The van der Waals surface area contributed by atoms with E-state index >= 15 is 0 Å². The Kier molecular flexibility index (Phi) is 2.04. The lowest BCUT2D eigenvalue weighted by molar-refractivity contribution is -0.140. The number of carbonyl (C=O) groups is 1. The summed E-state index contributed by atoms with van der Waals surface area (Å²) in [5, 5.41) is 0. The van der Waals surface area contributed by atoms with Gasteiger partial charge in [0.05, 0.1) is 13.3 Å². The number of nitrogens with zero attached hydrogens (tertiary/aromatic N) is 1. The summed E-state index contributed by atoms with van der Waals surface area (Å²) in [6.45, 7) is 0. The second kappa shape index (κ2) is 3.00. The summed E-state index contributed by atoms with van der Waals surface area (Å²) in [5.41, 5.74) is 0. The molecule has 0 amide bonds. The molecule has 0 atom stereocenters. The summed E-state index contributed by atoms with van der Waals surface area (Å²) in [4.78, 5) is 14.2. The van der Waals surface area contributed by atoms with Crippen LogP contribution in [0.2, 0.25) is 0 Å². The van der Waals surface area contributed by atoms with Gasteiger partial charge in [0.1, 0.15) is 12.2 Å². The van der Waals surface area contributed by atoms with E-state index in [1.54, 1.807) is 0 Å². The average Bonchev–Trinajstić information content (AvgIpc) is 2.40. The fraction of sp³-hybridized carbons (Fsp3) is 0.333. The molecule has 54 valence electrons. The predicted molar refractivity (Wildman–Crippen MR) is 32.2 cm³/mol. The van der Waals surface area contributed by atoms with Gasteiger partial charge in [-0.05, 0) is 0 Å². The van der Waals surface area contributed by atoms with Crippen LogP contribution in [-0.2, 0) is 16.0 Å². The highest BCUT2D eigenvalue weighted by Gasteiger charge is 2.04. The summed E-state index contributed by atoms with van der Waals surface area (Å²) in [7, 11) is 1.33. The van der Waals surface area contributed by atoms with Crippen LogP contribution in [0.4, 0.5) is 0 Å². The zero-order chi connectivity index (χ0) is 7.40. The van der Waals surface area contributed by atoms with Gasteiger partial charge in [-0.1, -0.05) is 0 Å². The minimum absolute atomic E-state index is 0.149. The molecule has 1 heterocycles. The molecular weight excluding hydrogens is 134 g/mol. The maximum Gasteiger partial charge on any atom is 0.313 e. The molecule has 4 nitrogen and oxygen atoms in total. The maximum atomic E-state index is 10.6. The van der Waals surface area contributed by atoms with Gasteiger partial charge in [0, 0.05) is 0 Å². The molecule has 0 N–H and O–H groups in total. The molecule has 0 aliphatic carbocycles. The molecule has 0 spiro atoms. The third-order valence-corrected chi connectivity index (χ3v) is 1.03. The van der Waals surface area contributed by atoms with Crippen molar-refractivity contribution < 1.29 is 13.9 Å². The number of ether oxygens (including phenoxy) is 1. The molecule has 0 aromatic carbocycles. The van der Waals surface area contributed by atoms with Gasteiger partial charge in [0.2, 0.25) is 0 Å². The second-order valence-corrected chi connectivity index (χ2v) is 1.72. The zero-order valence-electron chi connectivity index (χ0n) is 5.53. The first-order chi connectivity index (χ1) is 4.83. The van der Waals surface area contributed by atoms with E-state index in [1.807, 2.05) is 0 Å². The molecule has 0 aliphatic rings. The summed E-state index contributed by atoms with van der Waals surface area (Å²) in [6, 6.07) is 0. The molecule has 0 saturated carbocycles. The van der Waals surface area contributed by atoms with Crippen molar-refractivity contribution in [1.29, 1.82) is 0 Å². The number of oxazole rings is 1. The zero-order valence-corrected chi connectivity index (χ0v) is 5.53. The number of esters is 1. The monoisotopic (exact) mass is 141 g/mol. The van der Waals surface area contributed by atoms with Crippen LogP contribution < -0.4 is 0 Å². The SMILES string of the molecule is COC(=O)Cc1cnco1. The van der Waals surface area contributed by atoms with Gasteiger partial charge in [0.15, 0.2) is 6.39 Å². The van der Waals surface area contributed by atoms with Gasteiger partial charge in [-0.15, -0.1) is 0 Å². The van der Waals surface area contributed by atoms with E-state index in [0.29, 0.717) is 5.76 Å². The van der Waals surface area contributed by atoms with Gasteiger partial charge in [-0.3, -0.25) is 4.79 Å². The number of methoxy groups -OCH3 is 1. The molecule has 0 bridgehead atoms. The van der Waals surface area contributed by atoms with Gasteiger partial charge in [-0.2, -0.15) is 0 Å². The number of hydrogen-bond acceptors (Lipinski definition) is 4. The lowest BCUT2D eigenvalue weighted by Crippen LogP contribution is -2.03. The fourth-order valence-corrected chi connectivity index (χ4v) is 0.544. The van der Waals surface area contributed by atoms with Crippen LogP contribution >= 0.6 is 0 Å². The Morgan fingerprint density at radius 1 is 1.90 bits per heavy atom. The molecule has 1 aromatic rings. The highest BCUT2D eigenvalue weighted by Crippen LogP contribution is 1.97. The molecule has 0 saturated heterocycles. The van der Waals surface area contributed by atoms with Crippen molar-refractivity contribution in [2.24, 2.45) is 0 Å². The first kappa shape index (κ1) is 6.80. The molecule has 10 heavy (non-hydrogen) atoms. The van der Waals surface area contributed by atoms with Crippen molar-refractivity contribution in [3.8, 4) is 0 Å². The van der Waals surface area contributed by atoms with Crippen molar-refractivity contribution in [2.45, 2.75) is 6.42 Å². The number of hydrogen-bond donors (Lipinski definition) is 0. The Bertz CT molecular complexity index is 205. The molecule has 1 aromatic heterocycles. The van der Waals surface area contributed by atoms with Crippen LogP contribution in [0.15, 0.2) is 17.0 Å². The van der Waals surface area contributed by atoms with Crippen molar-refractivity contribution in [2.75, 3.05) is 7.11 Å². The summed E-state index contributed by atoms with van der Waals surface area (Å²) >= 11 is 0. The van der Waals surface area contributed by atoms with Crippen LogP contribution in [0.25, 0.3) is 0 Å². The van der Waals surface area contributed by atoms with E-state index in [-0.39, 0.29) is 12.4 Å². The van der Waals surface area contributed by atoms with Gasteiger partial charge >= 0.3 is 5.97 Å². The Morgan fingerprint density at radius 2 is 2.70 bits per heavy atom. The van der Waals surface area contributed by atoms with Gasteiger partial charge in [-0.25, -0.2) is 4.98 Å². The quantitative estimate of drug-likeness (QED) is 0.559. The predicted octanol–water partition coefficient (Wildman–Crippen LogP) is 0.390. The second-order valence-electron chi connectivity index (χ2n) is 1.72. The van der Waals surface area contributed by atoms with E-state index in [1.165, 1.54) is 19.7 Å². The molecule has 0 aliphatic heterocycles. The Labute approximate surface area is 57.8 Å². The van der Waals surface area contributed by atoms with Gasteiger partial charge < -0.3 is 9.15 Å². The molecular formula is C6H7NO3. The van der Waals surface area contributed by atoms with E-state index < -0.39 is 0 Å². The van der Waals surface area contributed by atoms with E-state index in [0.717, 1.165) is 0 Å². The first-order valence-electron chi connectivity index (χ1n) is 2.77. The van der Waals surface area contributed by atoms with E-state index in [2.05, 4.69) is 9.72 Å². The van der Waals surface area contributed by atoms with Crippen molar-refractivity contribution >= 4 is 5.97 Å². The van der Waals surface area contributed by atoms with Crippen LogP contribution in [0.3, 0.4) is 0 Å². The first-order valence-corrected chi connectivity index (χ1v) is 2.77. The molecule has 0 fully saturated rings. The Hall–Kier alpha value is -1.32. The number of carbonyl (C=O) groups excluding carboxylic acids is 1. The molecule has 0 unspecified atom stereocenters. The number of aromatic nitrogens is 1. The smallest absolute Gasteiger partial charge is 0.313 e. The topological polar surface area (TPSA) is 52.3 Å². The van der Waals surface area contributed by atoms with E-state index in [4.69, 9.17) is 4.42 Å². The third-order valence-electron chi connectivity index (χ3n) is 1.03. The summed E-state index contributed by atoms with van der Waals surface area (Å²) in [6.07, 6.45) is 2.91. The van der Waals surface area contributed by atoms with Crippen LogP contribution in [0.5, 0.6) is 0 Å². The highest BCUT2D eigenvalue weighted by molar-refractivity contribution is 5.71. The van der Waals surface area contributed by atoms with Crippen LogP contribution in [0.1, 0.15) is 5.76 Å². The third kappa shape index (κ3) is 1.58. The van der Waals surface area contributed by atoms with E-state index in [9.17, 15) is 4.79 Å². The van der Waals surface area contributed by atoms with Crippen LogP contribution in [0, 0.1) is 0 Å². The normalized spacial score (nSPS) is 9.30. The van der Waals surface area contributed by atoms with Crippen molar-refractivity contribution in [1.82, 2.24) is 4.98 Å². The average molecular weight is 141 g/mol. The maximum absolute atomic E-state index is 10.6. The van der Waals surface area contributed by atoms with Crippen molar-refractivity contribution in [3.63, 3.8) is 0 Å². The standard InChI is InChI=1S/C6H7NO3/c1-9-6(8)2-5-3-7-4-10-5/h3-4H,2H2,1H3. The number of rotatable bonds is 2. The summed E-state index contributed by atoms with van der Waals surface area (Å²) < 4.78 is 9.19. The Morgan fingerprint density at radius 3 is 3.20 bits per heavy atom. The minimum atomic E-state index is -0.322.